The van der Waals surface area contributed by atoms with Gasteiger partial charge in [-0.05, 0) is 42.9 Å². The molecular formula is C14H19N3O3S. The number of amides is 1. The number of nitrogens with two attached hydrogens (primary N) is 1. The van der Waals surface area contributed by atoms with Crippen LogP contribution in [0.5, 0.6) is 0 Å². The summed E-state index contributed by atoms with van der Waals surface area (Å²) < 4.78 is 24.2. The van der Waals surface area contributed by atoms with Gasteiger partial charge in [0.05, 0.1) is 5.69 Å². The van der Waals surface area contributed by atoms with Crippen LogP contribution >= 0.6 is 0 Å². The number of rotatable bonds is 4. The number of benzene rings is 1. The standard InChI is InChI=1S/C14H19N3O3S/c15-21(19,20)17-10-5-3-4-9(8-10)16-14(18)13-11-6-1-2-7-12(11)13/h3-5,8,11-13,17H,1-2,6-7H2,(H,16,18)(H2,15,19,20). The fourth-order valence-corrected chi connectivity index (χ4v) is 3.89. The van der Waals surface area contributed by atoms with Gasteiger partial charge in [0.2, 0.25) is 5.91 Å². The Hall–Kier alpha value is -1.60. The molecule has 3 rings (SSSR count). The lowest BCUT2D eigenvalue weighted by molar-refractivity contribution is -0.117. The van der Waals surface area contributed by atoms with Crippen molar-refractivity contribution in [2.24, 2.45) is 22.9 Å². The molecule has 0 saturated heterocycles. The number of fused-ring (bicyclic) bond motifs is 1. The van der Waals surface area contributed by atoms with Crippen LogP contribution in [0.15, 0.2) is 24.3 Å². The fraction of sp³-hybridized carbons (Fsp3) is 0.500. The molecule has 0 aromatic heterocycles. The number of carbonyl (C=O) groups excluding carboxylic acids is 1. The van der Waals surface area contributed by atoms with E-state index in [4.69, 9.17) is 5.14 Å². The quantitative estimate of drug-likeness (QED) is 0.788. The molecule has 2 aliphatic carbocycles. The molecule has 1 aromatic rings. The molecule has 114 valence electrons. The summed E-state index contributed by atoms with van der Waals surface area (Å²) in [6.07, 6.45) is 4.74. The lowest BCUT2D eigenvalue weighted by Gasteiger charge is -2.08. The molecule has 2 fully saturated rings. The van der Waals surface area contributed by atoms with Crippen LogP contribution in [-0.4, -0.2) is 14.3 Å². The van der Waals surface area contributed by atoms with E-state index in [1.807, 2.05) is 0 Å². The average molecular weight is 309 g/mol. The number of carbonyl (C=O) groups is 1. The Balaban J connectivity index is 1.65. The number of nitrogens with one attached hydrogen (secondary N) is 2. The lowest BCUT2D eigenvalue weighted by Crippen LogP contribution is -2.22. The molecule has 6 nitrogen and oxygen atoms in total. The maximum absolute atomic E-state index is 12.3. The molecule has 2 unspecified atom stereocenters. The Bertz CT molecular complexity index is 647. The van der Waals surface area contributed by atoms with Gasteiger partial charge in [0.1, 0.15) is 0 Å². The van der Waals surface area contributed by atoms with Crippen LogP contribution < -0.4 is 15.2 Å². The van der Waals surface area contributed by atoms with Gasteiger partial charge in [-0.25, -0.2) is 5.14 Å². The van der Waals surface area contributed by atoms with Crippen LogP contribution in [0.4, 0.5) is 11.4 Å². The first-order chi connectivity index (χ1) is 9.94. The van der Waals surface area contributed by atoms with Crippen molar-refractivity contribution in [2.75, 3.05) is 10.0 Å². The minimum Gasteiger partial charge on any atom is -0.326 e. The number of hydrogen-bond acceptors (Lipinski definition) is 3. The molecule has 0 spiro atoms. The Morgan fingerprint density at radius 3 is 2.38 bits per heavy atom. The van der Waals surface area contributed by atoms with Crippen LogP contribution in [-0.2, 0) is 15.0 Å². The van der Waals surface area contributed by atoms with Gasteiger partial charge in [-0.2, -0.15) is 8.42 Å². The zero-order valence-corrected chi connectivity index (χ0v) is 12.4. The molecule has 21 heavy (non-hydrogen) atoms. The van der Waals surface area contributed by atoms with E-state index in [0.717, 1.165) is 12.8 Å². The SMILES string of the molecule is NS(=O)(=O)Nc1cccc(NC(=O)C2C3CCCCC32)c1. The second kappa shape index (κ2) is 5.31. The third-order valence-corrected chi connectivity index (χ3v) is 4.87. The molecule has 2 saturated carbocycles. The lowest BCUT2D eigenvalue weighted by atomic mass is 10.0. The zero-order valence-electron chi connectivity index (χ0n) is 11.6. The van der Waals surface area contributed by atoms with Gasteiger partial charge in [-0.1, -0.05) is 18.9 Å². The van der Waals surface area contributed by atoms with Crippen LogP contribution in [0.3, 0.4) is 0 Å². The van der Waals surface area contributed by atoms with E-state index in [0.29, 0.717) is 23.2 Å². The molecule has 4 N–H and O–H groups in total. The van der Waals surface area contributed by atoms with E-state index in [1.54, 1.807) is 24.3 Å². The summed E-state index contributed by atoms with van der Waals surface area (Å²) in [5.41, 5.74) is 0.917. The van der Waals surface area contributed by atoms with Crippen molar-refractivity contribution in [1.82, 2.24) is 0 Å². The van der Waals surface area contributed by atoms with Crippen molar-refractivity contribution in [3.05, 3.63) is 24.3 Å². The molecule has 1 amide bonds. The first-order valence-corrected chi connectivity index (χ1v) is 8.70. The predicted octanol–water partition coefficient (Wildman–Crippen LogP) is 1.68. The molecule has 1 aromatic carbocycles. The topological polar surface area (TPSA) is 101 Å². The Kier molecular flexibility index (Phi) is 3.62. The number of hydrogen-bond donors (Lipinski definition) is 3. The summed E-state index contributed by atoms with van der Waals surface area (Å²) in [6, 6.07) is 6.55. The largest absolute Gasteiger partial charge is 0.326 e. The van der Waals surface area contributed by atoms with Gasteiger partial charge >= 0.3 is 0 Å². The van der Waals surface area contributed by atoms with Gasteiger partial charge in [0, 0.05) is 11.6 Å². The minimum atomic E-state index is -3.81. The van der Waals surface area contributed by atoms with Gasteiger partial charge in [-0.15, -0.1) is 0 Å². The van der Waals surface area contributed by atoms with Crippen molar-refractivity contribution in [3.8, 4) is 0 Å². The highest BCUT2D eigenvalue weighted by Gasteiger charge is 2.54. The van der Waals surface area contributed by atoms with Gasteiger partial charge in [0.25, 0.3) is 10.2 Å². The zero-order chi connectivity index (χ0) is 15.0. The molecule has 2 atom stereocenters. The van der Waals surface area contributed by atoms with Crippen LogP contribution in [0.2, 0.25) is 0 Å². The highest BCUT2D eigenvalue weighted by Crippen LogP contribution is 2.55. The molecule has 0 bridgehead atoms. The van der Waals surface area contributed by atoms with E-state index in [2.05, 4.69) is 10.0 Å². The second-order valence-corrected chi connectivity index (χ2v) is 7.15. The summed E-state index contributed by atoms with van der Waals surface area (Å²) in [5.74, 6) is 1.26. The van der Waals surface area contributed by atoms with Gasteiger partial charge in [-0.3, -0.25) is 9.52 Å². The van der Waals surface area contributed by atoms with E-state index in [9.17, 15) is 13.2 Å². The molecule has 0 heterocycles. The van der Waals surface area contributed by atoms with Crippen molar-refractivity contribution >= 4 is 27.5 Å². The van der Waals surface area contributed by atoms with Crippen molar-refractivity contribution < 1.29 is 13.2 Å². The molecule has 7 heteroatoms. The number of anilines is 2. The normalized spacial score (nSPS) is 27.6. The highest BCUT2D eigenvalue weighted by molar-refractivity contribution is 7.90. The minimum absolute atomic E-state index is 0.0413. The van der Waals surface area contributed by atoms with E-state index in [-0.39, 0.29) is 11.8 Å². The molecule has 0 aliphatic heterocycles. The first kappa shape index (κ1) is 14.3. The van der Waals surface area contributed by atoms with Crippen LogP contribution in [0, 0.1) is 17.8 Å². The third kappa shape index (κ3) is 3.36. The van der Waals surface area contributed by atoms with E-state index < -0.39 is 10.2 Å². The maximum Gasteiger partial charge on any atom is 0.296 e. The van der Waals surface area contributed by atoms with Gasteiger partial charge in [0.15, 0.2) is 0 Å². The fourth-order valence-electron chi connectivity index (χ4n) is 3.43. The Labute approximate surface area is 124 Å². The summed E-state index contributed by atoms with van der Waals surface area (Å²) in [5, 5.41) is 7.80. The predicted molar refractivity (Wildman–Crippen MR) is 80.7 cm³/mol. The van der Waals surface area contributed by atoms with Crippen molar-refractivity contribution in [1.29, 1.82) is 0 Å². The summed E-state index contributed by atoms with van der Waals surface area (Å²) in [7, 11) is -3.81. The third-order valence-electron chi connectivity index (χ3n) is 4.35. The molecule has 2 aliphatic rings. The second-order valence-electron chi connectivity index (χ2n) is 5.86. The van der Waals surface area contributed by atoms with Crippen LogP contribution in [0.1, 0.15) is 25.7 Å². The maximum atomic E-state index is 12.3. The monoisotopic (exact) mass is 309 g/mol. The van der Waals surface area contributed by atoms with Crippen LogP contribution in [0.25, 0.3) is 0 Å². The Morgan fingerprint density at radius 1 is 1.14 bits per heavy atom. The summed E-state index contributed by atoms with van der Waals surface area (Å²) in [6.45, 7) is 0. The van der Waals surface area contributed by atoms with Crippen molar-refractivity contribution in [2.45, 2.75) is 25.7 Å². The van der Waals surface area contributed by atoms with E-state index in [1.165, 1.54) is 12.8 Å². The summed E-state index contributed by atoms with van der Waals surface area (Å²) in [4.78, 5) is 12.3. The van der Waals surface area contributed by atoms with Gasteiger partial charge < -0.3 is 5.32 Å². The van der Waals surface area contributed by atoms with Crippen molar-refractivity contribution in [3.63, 3.8) is 0 Å². The summed E-state index contributed by atoms with van der Waals surface area (Å²) >= 11 is 0. The average Bonchev–Trinajstić information content (AvgIpc) is 3.11. The molecule has 0 radical (unpaired) electrons. The first-order valence-electron chi connectivity index (χ1n) is 7.15. The highest BCUT2D eigenvalue weighted by atomic mass is 32.2. The molecular weight excluding hydrogens is 290 g/mol. The van der Waals surface area contributed by atoms with E-state index >= 15 is 0 Å². The smallest absolute Gasteiger partial charge is 0.296 e. The Morgan fingerprint density at radius 2 is 1.76 bits per heavy atom.